The summed E-state index contributed by atoms with van der Waals surface area (Å²) in [6, 6.07) is 9.18. The molecule has 158 valence electrons. The van der Waals surface area contributed by atoms with E-state index in [0.29, 0.717) is 24.5 Å². The van der Waals surface area contributed by atoms with E-state index in [9.17, 15) is 4.79 Å². The van der Waals surface area contributed by atoms with Crippen LogP contribution in [0.15, 0.2) is 51.6 Å². The van der Waals surface area contributed by atoms with E-state index in [1.807, 2.05) is 51.1 Å². The first kappa shape index (κ1) is 21.2. The molecule has 0 bridgehead atoms. The van der Waals surface area contributed by atoms with Gasteiger partial charge in [-0.15, -0.1) is 0 Å². The van der Waals surface area contributed by atoms with Crippen LogP contribution in [0, 0.1) is 13.8 Å². The lowest BCUT2D eigenvalue weighted by Crippen LogP contribution is -2.32. The molecule has 0 aliphatic rings. The second-order valence-electron chi connectivity index (χ2n) is 7.03. The van der Waals surface area contributed by atoms with E-state index in [1.165, 1.54) is 6.08 Å². The third-order valence-corrected chi connectivity index (χ3v) is 4.64. The van der Waals surface area contributed by atoms with Crippen molar-refractivity contribution in [2.45, 2.75) is 39.8 Å². The Balaban J connectivity index is 1.59. The molecule has 3 aromatic rings. The van der Waals surface area contributed by atoms with Crippen LogP contribution in [0.3, 0.4) is 0 Å². The summed E-state index contributed by atoms with van der Waals surface area (Å²) < 4.78 is 21.8. The Morgan fingerprint density at radius 2 is 2.10 bits per heavy atom. The maximum atomic E-state index is 12.2. The van der Waals surface area contributed by atoms with Gasteiger partial charge < -0.3 is 23.7 Å². The van der Waals surface area contributed by atoms with Gasteiger partial charge in [0.2, 0.25) is 5.91 Å². The minimum absolute atomic E-state index is 0.0389. The first-order chi connectivity index (χ1) is 14.5. The van der Waals surface area contributed by atoms with E-state index in [4.69, 9.17) is 18.4 Å². The highest BCUT2D eigenvalue weighted by molar-refractivity contribution is 5.92. The Morgan fingerprint density at radius 1 is 1.27 bits per heavy atom. The minimum atomic E-state index is -0.174. The quantitative estimate of drug-likeness (QED) is 0.531. The van der Waals surface area contributed by atoms with Crippen molar-refractivity contribution in [3.05, 3.63) is 71.0 Å². The van der Waals surface area contributed by atoms with Gasteiger partial charge in [-0.1, -0.05) is 11.2 Å². The van der Waals surface area contributed by atoms with Crippen LogP contribution in [0.4, 0.5) is 0 Å². The van der Waals surface area contributed by atoms with Gasteiger partial charge in [0.25, 0.3) is 0 Å². The lowest BCUT2D eigenvalue weighted by atomic mass is 10.1. The maximum absolute atomic E-state index is 12.2. The Kier molecular flexibility index (Phi) is 6.95. The zero-order valence-corrected chi connectivity index (χ0v) is 17.6. The molecule has 30 heavy (non-hydrogen) atoms. The summed E-state index contributed by atoms with van der Waals surface area (Å²) in [7, 11) is 1.58. The van der Waals surface area contributed by atoms with Crippen molar-refractivity contribution < 1.29 is 23.2 Å². The first-order valence-electron chi connectivity index (χ1n) is 9.69. The number of ether oxygens (including phenoxy) is 2. The standard InChI is InChI=1S/C23H26N2O5/c1-15(12-19-6-5-11-28-19)24-23(26)10-8-18-7-9-21(22(13-18)27-4)29-14-20-16(2)25-30-17(20)3/h5-11,13,15H,12,14H2,1-4H3,(H,24,26)/b10-8+. The van der Waals surface area contributed by atoms with Gasteiger partial charge in [-0.05, 0) is 56.7 Å². The molecular formula is C23H26N2O5. The fourth-order valence-corrected chi connectivity index (χ4v) is 3.01. The number of furan rings is 1. The van der Waals surface area contributed by atoms with Gasteiger partial charge in [-0.3, -0.25) is 4.79 Å². The number of aromatic nitrogens is 1. The normalized spacial score (nSPS) is 12.1. The minimum Gasteiger partial charge on any atom is -0.493 e. The van der Waals surface area contributed by atoms with Crippen LogP contribution in [0.5, 0.6) is 11.5 Å². The molecule has 3 rings (SSSR count). The molecule has 7 nitrogen and oxygen atoms in total. The summed E-state index contributed by atoms with van der Waals surface area (Å²) in [6.07, 6.45) is 5.49. The van der Waals surface area contributed by atoms with Crippen molar-refractivity contribution in [1.29, 1.82) is 0 Å². The molecule has 0 aliphatic carbocycles. The Labute approximate surface area is 175 Å². The van der Waals surface area contributed by atoms with Gasteiger partial charge in [0, 0.05) is 18.5 Å². The average molecular weight is 410 g/mol. The number of carbonyl (C=O) groups excluding carboxylic acids is 1. The second kappa shape index (κ2) is 9.82. The van der Waals surface area contributed by atoms with E-state index in [-0.39, 0.29) is 11.9 Å². The highest BCUT2D eigenvalue weighted by atomic mass is 16.5. The molecule has 1 N–H and O–H groups in total. The molecule has 0 fully saturated rings. The fraction of sp³-hybridized carbons (Fsp3) is 0.304. The first-order valence-corrected chi connectivity index (χ1v) is 9.69. The number of aryl methyl sites for hydroxylation is 2. The molecular weight excluding hydrogens is 384 g/mol. The number of nitrogens with zero attached hydrogens (tertiary/aromatic N) is 1. The number of hydrogen-bond donors (Lipinski definition) is 1. The van der Waals surface area contributed by atoms with Gasteiger partial charge >= 0.3 is 0 Å². The fourth-order valence-electron chi connectivity index (χ4n) is 3.01. The SMILES string of the molecule is COc1cc(/C=C/C(=O)NC(C)Cc2ccco2)ccc1OCc1c(C)noc1C. The van der Waals surface area contributed by atoms with Crippen molar-refractivity contribution in [3.63, 3.8) is 0 Å². The summed E-state index contributed by atoms with van der Waals surface area (Å²) in [5.41, 5.74) is 2.55. The number of carbonyl (C=O) groups is 1. The molecule has 1 aromatic carbocycles. The number of benzene rings is 1. The predicted molar refractivity (Wildman–Crippen MR) is 112 cm³/mol. The highest BCUT2D eigenvalue weighted by Gasteiger charge is 2.12. The van der Waals surface area contributed by atoms with Crippen LogP contribution in [-0.2, 0) is 17.8 Å². The van der Waals surface area contributed by atoms with E-state index < -0.39 is 0 Å². The van der Waals surface area contributed by atoms with Crippen LogP contribution in [0.1, 0.15) is 35.3 Å². The van der Waals surface area contributed by atoms with Crippen molar-refractivity contribution in [1.82, 2.24) is 10.5 Å². The molecule has 1 amide bonds. The molecule has 0 aliphatic heterocycles. The van der Waals surface area contributed by atoms with E-state index >= 15 is 0 Å². The summed E-state index contributed by atoms with van der Waals surface area (Å²) in [4.78, 5) is 12.2. The lowest BCUT2D eigenvalue weighted by molar-refractivity contribution is -0.117. The van der Waals surface area contributed by atoms with E-state index in [0.717, 1.165) is 28.3 Å². The van der Waals surface area contributed by atoms with E-state index in [2.05, 4.69) is 10.5 Å². The molecule has 1 unspecified atom stereocenters. The van der Waals surface area contributed by atoms with Crippen molar-refractivity contribution in [2.24, 2.45) is 0 Å². The van der Waals surface area contributed by atoms with Gasteiger partial charge in [0.1, 0.15) is 18.1 Å². The smallest absolute Gasteiger partial charge is 0.244 e. The van der Waals surface area contributed by atoms with Crippen LogP contribution in [0.2, 0.25) is 0 Å². The Bertz CT molecular complexity index is 985. The number of nitrogens with one attached hydrogen (secondary N) is 1. The Morgan fingerprint density at radius 3 is 2.77 bits per heavy atom. The topological polar surface area (TPSA) is 86.7 Å². The lowest BCUT2D eigenvalue weighted by Gasteiger charge is -2.12. The van der Waals surface area contributed by atoms with Crippen LogP contribution in [0.25, 0.3) is 6.08 Å². The second-order valence-corrected chi connectivity index (χ2v) is 7.03. The summed E-state index contributed by atoms with van der Waals surface area (Å²) >= 11 is 0. The highest BCUT2D eigenvalue weighted by Crippen LogP contribution is 2.30. The monoisotopic (exact) mass is 410 g/mol. The summed E-state index contributed by atoms with van der Waals surface area (Å²) in [5.74, 6) is 2.58. The zero-order valence-electron chi connectivity index (χ0n) is 17.6. The Hall–Kier alpha value is -3.48. The van der Waals surface area contributed by atoms with Crippen molar-refractivity contribution in [3.8, 4) is 11.5 Å². The molecule has 1 atom stereocenters. The largest absolute Gasteiger partial charge is 0.493 e. The maximum Gasteiger partial charge on any atom is 0.244 e. The van der Waals surface area contributed by atoms with Crippen LogP contribution >= 0.6 is 0 Å². The molecule has 0 saturated heterocycles. The van der Waals surface area contributed by atoms with Crippen molar-refractivity contribution >= 4 is 12.0 Å². The van der Waals surface area contributed by atoms with Crippen LogP contribution in [-0.4, -0.2) is 24.2 Å². The third-order valence-electron chi connectivity index (χ3n) is 4.64. The van der Waals surface area contributed by atoms with Gasteiger partial charge in [0.15, 0.2) is 11.5 Å². The van der Waals surface area contributed by atoms with Crippen LogP contribution < -0.4 is 14.8 Å². The molecule has 0 saturated carbocycles. The third kappa shape index (κ3) is 5.53. The number of methoxy groups -OCH3 is 1. The molecule has 0 spiro atoms. The average Bonchev–Trinajstić information content (AvgIpc) is 3.34. The van der Waals surface area contributed by atoms with Crippen molar-refractivity contribution in [2.75, 3.05) is 7.11 Å². The van der Waals surface area contributed by atoms with Gasteiger partial charge in [0.05, 0.1) is 24.6 Å². The number of rotatable bonds is 9. The zero-order chi connectivity index (χ0) is 21.5. The van der Waals surface area contributed by atoms with E-state index in [1.54, 1.807) is 19.4 Å². The summed E-state index contributed by atoms with van der Waals surface area (Å²) in [6.45, 7) is 6.00. The number of hydrogen-bond acceptors (Lipinski definition) is 6. The van der Waals surface area contributed by atoms with Gasteiger partial charge in [-0.2, -0.15) is 0 Å². The number of amides is 1. The molecule has 2 aromatic heterocycles. The molecule has 7 heteroatoms. The predicted octanol–water partition coefficient (Wildman–Crippen LogP) is 4.23. The molecule has 2 heterocycles. The molecule has 0 radical (unpaired) electrons. The van der Waals surface area contributed by atoms with Gasteiger partial charge in [-0.25, -0.2) is 0 Å². The summed E-state index contributed by atoms with van der Waals surface area (Å²) in [5, 5.41) is 6.85.